The van der Waals surface area contributed by atoms with E-state index in [1.807, 2.05) is 32.0 Å². The van der Waals surface area contributed by atoms with Crippen LogP contribution in [0.1, 0.15) is 17.2 Å². The Balaban J connectivity index is 1.49. The lowest BCUT2D eigenvalue weighted by atomic mass is 10.3. The van der Waals surface area contributed by atoms with Crippen molar-refractivity contribution >= 4 is 5.91 Å². The summed E-state index contributed by atoms with van der Waals surface area (Å²) in [6.07, 6.45) is 3.99. The number of aryl methyl sites for hydroxylation is 2. The first-order valence-corrected chi connectivity index (χ1v) is 7.71. The molecule has 0 aliphatic carbocycles. The van der Waals surface area contributed by atoms with Crippen LogP contribution in [0.25, 0.3) is 11.4 Å². The van der Waals surface area contributed by atoms with Gasteiger partial charge in [-0.3, -0.25) is 19.6 Å². The Morgan fingerprint density at radius 1 is 1.38 bits per heavy atom. The average molecular weight is 325 g/mol. The van der Waals surface area contributed by atoms with Gasteiger partial charge in [-0.2, -0.15) is 10.2 Å². The third kappa shape index (κ3) is 3.83. The highest BCUT2D eigenvalue weighted by atomic mass is 16.2. The van der Waals surface area contributed by atoms with Crippen LogP contribution in [0.5, 0.6) is 0 Å². The van der Waals surface area contributed by atoms with Crippen LogP contribution in [0, 0.1) is 13.8 Å². The summed E-state index contributed by atoms with van der Waals surface area (Å²) in [5, 5.41) is 14.2. The molecule has 0 saturated carbocycles. The minimum Gasteiger partial charge on any atom is -0.354 e. The molecule has 0 fully saturated rings. The Bertz CT molecular complexity index is 822. The van der Waals surface area contributed by atoms with Crippen LogP contribution < -0.4 is 5.32 Å². The fourth-order valence-corrected chi connectivity index (χ4v) is 2.38. The second-order valence-corrected chi connectivity index (χ2v) is 5.53. The van der Waals surface area contributed by atoms with E-state index < -0.39 is 0 Å². The van der Waals surface area contributed by atoms with Crippen LogP contribution in [0.15, 0.2) is 30.6 Å². The molecule has 0 spiro atoms. The number of carbonyl (C=O) groups excluding carboxylic acids is 1. The van der Waals surface area contributed by atoms with Crippen LogP contribution >= 0.6 is 0 Å². The summed E-state index contributed by atoms with van der Waals surface area (Å²) in [6.45, 7) is 4.55. The van der Waals surface area contributed by atoms with Crippen molar-refractivity contribution in [3.8, 4) is 11.4 Å². The summed E-state index contributed by atoms with van der Waals surface area (Å²) in [7, 11) is 0. The van der Waals surface area contributed by atoms with Crippen molar-refractivity contribution in [1.29, 1.82) is 0 Å². The van der Waals surface area contributed by atoms with Gasteiger partial charge in [0.1, 0.15) is 12.4 Å². The number of H-pyrrole nitrogens is 1. The number of hydrogen-bond donors (Lipinski definition) is 2. The normalized spacial score (nSPS) is 10.8. The minimum absolute atomic E-state index is 0.0757. The predicted molar refractivity (Wildman–Crippen MR) is 88.0 cm³/mol. The van der Waals surface area contributed by atoms with Crippen molar-refractivity contribution in [2.75, 3.05) is 6.54 Å². The largest absolute Gasteiger partial charge is 0.354 e. The van der Waals surface area contributed by atoms with E-state index in [4.69, 9.17) is 0 Å². The van der Waals surface area contributed by atoms with Crippen LogP contribution in [0.4, 0.5) is 0 Å². The number of nitrogens with zero attached hydrogens (tertiary/aromatic N) is 5. The van der Waals surface area contributed by atoms with Gasteiger partial charge in [-0.25, -0.2) is 4.98 Å². The first-order chi connectivity index (χ1) is 11.6. The van der Waals surface area contributed by atoms with Gasteiger partial charge in [-0.1, -0.05) is 0 Å². The SMILES string of the molecule is Cc1cc(C)n(CC(=O)NCCc2nc(-c3cccnc3)n[nH]2)n1. The molecular formula is C16H19N7O. The Kier molecular flexibility index (Phi) is 4.64. The number of nitrogens with one attached hydrogen (secondary N) is 2. The molecule has 24 heavy (non-hydrogen) atoms. The second kappa shape index (κ2) is 7.03. The molecule has 1 amide bonds. The van der Waals surface area contributed by atoms with E-state index in [0.29, 0.717) is 18.8 Å². The lowest BCUT2D eigenvalue weighted by Crippen LogP contribution is -2.30. The Hall–Kier alpha value is -3.03. The molecule has 3 aromatic heterocycles. The van der Waals surface area contributed by atoms with Gasteiger partial charge >= 0.3 is 0 Å². The molecule has 8 heteroatoms. The van der Waals surface area contributed by atoms with Crippen molar-refractivity contribution in [3.05, 3.63) is 47.8 Å². The Morgan fingerprint density at radius 2 is 2.25 bits per heavy atom. The number of amides is 1. The molecule has 0 aliphatic rings. The molecule has 3 rings (SSSR count). The van der Waals surface area contributed by atoms with Crippen molar-refractivity contribution in [3.63, 3.8) is 0 Å². The fourth-order valence-electron chi connectivity index (χ4n) is 2.38. The standard InChI is InChI=1S/C16H19N7O/c1-11-8-12(2)23(22-11)10-15(24)18-7-5-14-19-16(21-20-14)13-4-3-6-17-9-13/h3-4,6,8-9H,5,7,10H2,1-2H3,(H,18,24)(H,19,20,21). The molecule has 0 aromatic carbocycles. The Morgan fingerprint density at radius 3 is 2.96 bits per heavy atom. The molecule has 124 valence electrons. The van der Waals surface area contributed by atoms with E-state index in [0.717, 1.165) is 22.8 Å². The van der Waals surface area contributed by atoms with Crippen LogP contribution in [0.3, 0.4) is 0 Å². The number of aromatic nitrogens is 6. The summed E-state index contributed by atoms with van der Waals surface area (Å²) in [4.78, 5) is 20.4. The van der Waals surface area contributed by atoms with Crippen LogP contribution in [0.2, 0.25) is 0 Å². The summed E-state index contributed by atoms with van der Waals surface area (Å²) in [5.74, 6) is 1.25. The monoisotopic (exact) mass is 325 g/mol. The number of aromatic amines is 1. The summed E-state index contributed by atoms with van der Waals surface area (Å²) < 4.78 is 1.69. The van der Waals surface area contributed by atoms with Gasteiger partial charge < -0.3 is 5.32 Å². The summed E-state index contributed by atoms with van der Waals surface area (Å²) in [5.41, 5.74) is 2.73. The van der Waals surface area contributed by atoms with E-state index >= 15 is 0 Å². The highest BCUT2D eigenvalue weighted by molar-refractivity contribution is 5.75. The molecule has 8 nitrogen and oxygen atoms in total. The second-order valence-electron chi connectivity index (χ2n) is 5.53. The number of rotatable bonds is 6. The van der Waals surface area contributed by atoms with Crippen molar-refractivity contribution in [2.24, 2.45) is 0 Å². The smallest absolute Gasteiger partial charge is 0.241 e. The maximum Gasteiger partial charge on any atom is 0.241 e. The average Bonchev–Trinajstić information content (AvgIpc) is 3.15. The van der Waals surface area contributed by atoms with Crippen LogP contribution in [-0.4, -0.2) is 42.4 Å². The molecule has 0 bridgehead atoms. The molecule has 3 aromatic rings. The Labute approximate surface area is 139 Å². The highest BCUT2D eigenvalue weighted by Gasteiger charge is 2.08. The fraction of sp³-hybridized carbons (Fsp3) is 0.312. The van der Waals surface area contributed by atoms with Gasteiger partial charge in [0.25, 0.3) is 0 Å². The predicted octanol–water partition coefficient (Wildman–Crippen LogP) is 1.04. The first-order valence-electron chi connectivity index (χ1n) is 7.71. The summed E-state index contributed by atoms with van der Waals surface area (Å²) in [6, 6.07) is 5.68. The zero-order chi connectivity index (χ0) is 16.9. The molecule has 0 radical (unpaired) electrons. The molecule has 0 atom stereocenters. The number of pyridine rings is 1. The van der Waals surface area contributed by atoms with Gasteiger partial charge in [0.05, 0.1) is 5.69 Å². The molecule has 0 saturated heterocycles. The molecule has 3 heterocycles. The first kappa shape index (κ1) is 15.9. The third-order valence-corrected chi connectivity index (χ3v) is 3.53. The summed E-state index contributed by atoms with van der Waals surface area (Å²) >= 11 is 0. The van der Waals surface area contributed by atoms with E-state index in [1.165, 1.54) is 0 Å². The topological polar surface area (TPSA) is 101 Å². The molecule has 2 N–H and O–H groups in total. The van der Waals surface area contributed by atoms with Gasteiger partial charge in [-0.05, 0) is 32.0 Å². The van der Waals surface area contributed by atoms with E-state index in [-0.39, 0.29) is 12.5 Å². The number of carbonyl (C=O) groups is 1. The molecule has 0 unspecified atom stereocenters. The zero-order valence-corrected chi connectivity index (χ0v) is 13.7. The van der Waals surface area contributed by atoms with Crippen molar-refractivity contribution < 1.29 is 4.79 Å². The zero-order valence-electron chi connectivity index (χ0n) is 13.7. The lowest BCUT2D eigenvalue weighted by Gasteiger charge is -2.05. The van der Waals surface area contributed by atoms with E-state index in [2.05, 4.69) is 30.6 Å². The van der Waals surface area contributed by atoms with E-state index in [1.54, 1.807) is 17.1 Å². The number of hydrogen-bond acceptors (Lipinski definition) is 5. The van der Waals surface area contributed by atoms with Gasteiger partial charge in [-0.15, -0.1) is 0 Å². The van der Waals surface area contributed by atoms with Gasteiger partial charge in [0.15, 0.2) is 5.82 Å². The maximum absolute atomic E-state index is 12.0. The quantitative estimate of drug-likeness (QED) is 0.705. The minimum atomic E-state index is -0.0757. The highest BCUT2D eigenvalue weighted by Crippen LogP contribution is 2.11. The molecular weight excluding hydrogens is 306 g/mol. The van der Waals surface area contributed by atoms with Crippen LogP contribution in [-0.2, 0) is 17.8 Å². The van der Waals surface area contributed by atoms with Crippen molar-refractivity contribution in [2.45, 2.75) is 26.8 Å². The lowest BCUT2D eigenvalue weighted by molar-refractivity contribution is -0.121. The van der Waals surface area contributed by atoms with Gasteiger partial charge in [0, 0.05) is 36.6 Å². The maximum atomic E-state index is 12.0. The van der Waals surface area contributed by atoms with Gasteiger partial charge in [0.2, 0.25) is 5.91 Å². The van der Waals surface area contributed by atoms with E-state index in [9.17, 15) is 4.79 Å². The van der Waals surface area contributed by atoms with Crippen molar-refractivity contribution in [1.82, 2.24) is 35.3 Å². The third-order valence-electron chi connectivity index (χ3n) is 3.53. The molecule has 0 aliphatic heterocycles.